The largest absolute Gasteiger partial charge is 0.475 e. The summed E-state index contributed by atoms with van der Waals surface area (Å²) < 4.78 is 78.8. The van der Waals surface area contributed by atoms with Crippen molar-refractivity contribution in [3.63, 3.8) is 0 Å². The Labute approximate surface area is 208 Å². The number of aromatic nitrogens is 1. The minimum atomic E-state index is -4.71. The monoisotopic (exact) mass is 526 g/mol. The lowest BCUT2D eigenvalue weighted by molar-refractivity contribution is -0.141. The third-order valence-electron chi connectivity index (χ3n) is 5.48. The van der Waals surface area contributed by atoms with Gasteiger partial charge in [0.05, 0.1) is 11.1 Å². The lowest BCUT2D eigenvalue weighted by atomic mass is 9.97. The number of hydrogen-bond acceptors (Lipinski definition) is 6. The first-order valence-corrected chi connectivity index (χ1v) is 13.4. The van der Waals surface area contributed by atoms with Gasteiger partial charge in [-0.2, -0.15) is 13.2 Å². The van der Waals surface area contributed by atoms with Crippen molar-refractivity contribution in [3.05, 3.63) is 58.8 Å². The lowest BCUT2D eigenvalue weighted by Gasteiger charge is -2.23. The van der Waals surface area contributed by atoms with E-state index >= 15 is 0 Å². The minimum absolute atomic E-state index is 0.0650. The number of amides is 1. The summed E-state index contributed by atoms with van der Waals surface area (Å²) in [4.78, 5) is 13.2. The van der Waals surface area contributed by atoms with Crippen LogP contribution in [-0.2, 0) is 33.8 Å². The summed E-state index contributed by atoms with van der Waals surface area (Å²) in [6.07, 6.45) is -3.96. The van der Waals surface area contributed by atoms with Crippen molar-refractivity contribution >= 4 is 26.9 Å². The molecule has 11 heteroatoms. The highest BCUT2D eigenvalue weighted by molar-refractivity contribution is 7.90. The molecular weight excluding hydrogens is 497 g/mol. The summed E-state index contributed by atoms with van der Waals surface area (Å²) in [7, 11) is -3.90. The maximum absolute atomic E-state index is 13.6. The Balaban J connectivity index is 2.19. The fourth-order valence-electron chi connectivity index (χ4n) is 4.01. The summed E-state index contributed by atoms with van der Waals surface area (Å²) in [5, 5.41) is 3.11. The number of fused-ring (bicyclic) bond motifs is 1. The lowest BCUT2D eigenvalue weighted by Crippen LogP contribution is -2.38. The molecule has 1 atom stereocenters. The third kappa shape index (κ3) is 6.18. The molecule has 0 spiro atoms. The summed E-state index contributed by atoms with van der Waals surface area (Å²) >= 11 is 0. The van der Waals surface area contributed by atoms with E-state index < -0.39 is 33.9 Å². The summed E-state index contributed by atoms with van der Waals surface area (Å²) in [5.74, 6) is -0.937. The second kappa shape index (κ2) is 11.3. The molecule has 1 N–H and O–H groups in total. The first-order chi connectivity index (χ1) is 17.0. The number of hydrogen-bond donors (Lipinski definition) is 1. The Morgan fingerprint density at radius 2 is 1.75 bits per heavy atom. The fourth-order valence-corrected chi connectivity index (χ4v) is 5.07. The Hall–Kier alpha value is -3.08. The number of aryl methyl sites for hydroxylation is 2. The first-order valence-electron chi connectivity index (χ1n) is 11.8. The van der Waals surface area contributed by atoms with Gasteiger partial charge >= 0.3 is 6.18 Å². The van der Waals surface area contributed by atoms with Crippen molar-refractivity contribution < 1.29 is 35.6 Å². The molecule has 3 aromatic rings. The van der Waals surface area contributed by atoms with Crippen LogP contribution in [0.15, 0.2) is 40.9 Å². The van der Waals surface area contributed by atoms with Gasteiger partial charge < -0.3 is 9.26 Å². The number of carbonyl (C=O) groups excluding carboxylic acids is 1. The van der Waals surface area contributed by atoms with Gasteiger partial charge in [0, 0.05) is 11.1 Å². The Morgan fingerprint density at radius 1 is 1.08 bits per heavy atom. The van der Waals surface area contributed by atoms with E-state index in [1.165, 1.54) is 6.07 Å². The standard InChI is InChI=1S/C25H29F3N2O5S/c1-4-10-17-15-19-22(35-29-23(19)25(26,27)28)18(11-5-2)20(17)34-21(16-12-8-7-9-13-16)24(31)30-36(32,33)14-6-3/h7-9,12-13,15,21H,4-6,10-11,14H2,1-3H3,(H,30,31). The molecule has 7 nitrogen and oxygen atoms in total. The number of alkyl halides is 3. The van der Waals surface area contributed by atoms with Gasteiger partial charge in [0.25, 0.3) is 5.91 Å². The van der Waals surface area contributed by atoms with Gasteiger partial charge in [-0.1, -0.05) is 69.1 Å². The number of rotatable bonds is 11. The van der Waals surface area contributed by atoms with Gasteiger partial charge in [0.15, 0.2) is 11.3 Å². The average molecular weight is 527 g/mol. The van der Waals surface area contributed by atoms with Gasteiger partial charge in [-0.05, 0) is 30.9 Å². The van der Waals surface area contributed by atoms with E-state index in [2.05, 4.69) is 9.88 Å². The van der Waals surface area contributed by atoms with Crippen molar-refractivity contribution in [2.75, 3.05) is 5.75 Å². The summed E-state index contributed by atoms with van der Waals surface area (Å²) in [5.41, 5.74) is 0.00533. The highest BCUT2D eigenvalue weighted by Gasteiger charge is 2.38. The molecule has 3 rings (SSSR count). The molecule has 0 radical (unpaired) electrons. The molecule has 36 heavy (non-hydrogen) atoms. The predicted octanol–water partition coefficient (Wildman–Crippen LogP) is 5.73. The Kier molecular flexibility index (Phi) is 8.65. The van der Waals surface area contributed by atoms with Crippen LogP contribution < -0.4 is 9.46 Å². The van der Waals surface area contributed by atoms with E-state index in [1.807, 2.05) is 13.8 Å². The van der Waals surface area contributed by atoms with Crippen LogP contribution >= 0.6 is 0 Å². The zero-order valence-electron chi connectivity index (χ0n) is 20.3. The van der Waals surface area contributed by atoms with E-state index in [9.17, 15) is 26.4 Å². The van der Waals surface area contributed by atoms with Gasteiger partial charge in [0.2, 0.25) is 16.1 Å². The SMILES string of the molecule is CCCc1cc2c(C(F)(F)F)noc2c(CCC)c1OC(C(=O)NS(=O)(=O)CCC)c1ccccc1. The predicted molar refractivity (Wildman–Crippen MR) is 129 cm³/mol. The molecule has 196 valence electrons. The minimum Gasteiger partial charge on any atom is -0.475 e. The van der Waals surface area contributed by atoms with Gasteiger partial charge in [-0.3, -0.25) is 4.79 Å². The number of ether oxygens (including phenoxy) is 1. The molecule has 1 aromatic heterocycles. The Bertz CT molecular complexity index is 1300. The van der Waals surface area contributed by atoms with E-state index in [1.54, 1.807) is 37.3 Å². The number of carbonyl (C=O) groups is 1. The van der Waals surface area contributed by atoms with Crippen LogP contribution in [0.2, 0.25) is 0 Å². The number of nitrogens with zero attached hydrogens (tertiary/aromatic N) is 1. The molecule has 0 saturated heterocycles. The van der Waals surface area contributed by atoms with E-state index in [0.29, 0.717) is 48.8 Å². The highest BCUT2D eigenvalue weighted by Crippen LogP contribution is 2.42. The molecule has 1 amide bonds. The molecule has 1 unspecified atom stereocenters. The number of sulfonamides is 1. The molecule has 0 bridgehead atoms. The van der Waals surface area contributed by atoms with Crippen LogP contribution in [0.3, 0.4) is 0 Å². The second-order valence-corrected chi connectivity index (χ2v) is 10.3. The molecule has 0 fully saturated rings. The third-order valence-corrected chi connectivity index (χ3v) is 6.94. The number of nitrogens with one attached hydrogen (secondary N) is 1. The first kappa shape index (κ1) is 27.5. The maximum Gasteiger partial charge on any atom is 0.437 e. The highest BCUT2D eigenvalue weighted by atomic mass is 32.2. The Morgan fingerprint density at radius 3 is 2.33 bits per heavy atom. The smallest absolute Gasteiger partial charge is 0.437 e. The summed E-state index contributed by atoms with van der Waals surface area (Å²) in [6, 6.07) is 9.65. The van der Waals surface area contributed by atoms with Crippen molar-refractivity contribution in [2.45, 2.75) is 65.2 Å². The molecule has 0 saturated carbocycles. The number of halogens is 3. The average Bonchev–Trinajstić information content (AvgIpc) is 3.23. The maximum atomic E-state index is 13.6. The molecule has 0 aliphatic heterocycles. The number of benzene rings is 2. The van der Waals surface area contributed by atoms with Crippen LogP contribution in [-0.4, -0.2) is 25.2 Å². The van der Waals surface area contributed by atoms with Crippen molar-refractivity contribution in [1.82, 2.24) is 9.88 Å². The zero-order chi connectivity index (χ0) is 26.5. The van der Waals surface area contributed by atoms with Crippen LogP contribution in [0, 0.1) is 0 Å². The van der Waals surface area contributed by atoms with Crippen LogP contribution in [0.4, 0.5) is 13.2 Å². The van der Waals surface area contributed by atoms with E-state index in [-0.39, 0.29) is 22.5 Å². The van der Waals surface area contributed by atoms with Crippen molar-refractivity contribution in [1.29, 1.82) is 0 Å². The van der Waals surface area contributed by atoms with Crippen molar-refractivity contribution in [3.8, 4) is 5.75 Å². The molecular formula is C25H29F3N2O5S. The van der Waals surface area contributed by atoms with Crippen LogP contribution in [0.1, 0.15) is 68.5 Å². The zero-order valence-corrected chi connectivity index (χ0v) is 21.1. The van der Waals surface area contributed by atoms with Gasteiger partial charge in [-0.25, -0.2) is 13.1 Å². The molecule has 2 aromatic carbocycles. The molecule has 0 aliphatic carbocycles. The van der Waals surface area contributed by atoms with E-state index in [0.717, 1.165) is 0 Å². The second-order valence-electron chi connectivity index (χ2n) is 8.44. The van der Waals surface area contributed by atoms with Crippen LogP contribution in [0.25, 0.3) is 11.0 Å². The quantitative estimate of drug-likeness (QED) is 0.343. The normalized spacial score (nSPS) is 13.1. The molecule has 0 aliphatic rings. The topological polar surface area (TPSA) is 98.5 Å². The van der Waals surface area contributed by atoms with Crippen molar-refractivity contribution in [2.24, 2.45) is 0 Å². The summed E-state index contributed by atoms with van der Waals surface area (Å²) in [6.45, 7) is 5.39. The van der Waals surface area contributed by atoms with Gasteiger partial charge in [0.1, 0.15) is 5.75 Å². The fraction of sp³-hybridized carbons (Fsp3) is 0.440. The van der Waals surface area contributed by atoms with Gasteiger partial charge in [-0.15, -0.1) is 0 Å². The van der Waals surface area contributed by atoms with Crippen LogP contribution in [0.5, 0.6) is 5.75 Å². The molecule has 1 heterocycles. The van der Waals surface area contributed by atoms with E-state index in [4.69, 9.17) is 9.26 Å².